The van der Waals surface area contributed by atoms with Crippen LogP contribution in [-0.4, -0.2) is 31.0 Å². The van der Waals surface area contributed by atoms with Gasteiger partial charge in [-0.15, -0.1) is 0 Å². The minimum atomic E-state index is -0.970. The first-order chi connectivity index (χ1) is 16.4. The van der Waals surface area contributed by atoms with Gasteiger partial charge >= 0.3 is 0 Å². The second-order valence-electron chi connectivity index (χ2n) is 8.44. The highest BCUT2D eigenvalue weighted by molar-refractivity contribution is 6.36. The van der Waals surface area contributed by atoms with Crippen molar-refractivity contribution in [2.75, 3.05) is 0 Å². The van der Waals surface area contributed by atoms with Crippen LogP contribution in [0.1, 0.15) is 48.8 Å². The van der Waals surface area contributed by atoms with Crippen molar-refractivity contribution >= 4 is 34.2 Å². The second kappa shape index (κ2) is 8.99. The number of aromatic nitrogens is 4. The molecule has 10 heteroatoms. The molecule has 3 aromatic heterocycles. The predicted octanol–water partition coefficient (Wildman–Crippen LogP) is 6.14. The molecule has 1 unspecified atom stereocenters. The summed E-state index contributed by atoms with van der Waals surface area (Å²) in [5, 5.41) is 24.4. The molecule has 6 nitrogen and oxygen atoms in total. The van der Waals surface area contributed by atoms with Gasteiger partial charge in [0.05, 0.1) is 35.0 Å². The van der Waals surface area contributed by atoms with Crippen molar-refractivity contribution in [3.63, 3.8) is 0 Å². The standard InChI is InChI=1S/C24H19Cl2F2N5O/c25-19-5-6-20(27)22(26)21(19)16(8-29)18-10-31-24-15(18)7-12(9-30-24)17-11-32-33(23(17)28)13-1-3-14(34)4-2-13/h5-7,9-11,13-14,16,34H,1-4H2,(H,30,31)/t13-,14-,16?. The minimum absolute atomic E-state index is 0.114. The van der Waals surface area contributed by atoms with Crippen LogP contribution in [0.25, 0.3) is 22.2 Å². The van der Waals surface area contributed by atoms with Gasteiger partial charge in [0.2, 0.25) is 5.95 Å². The average molecular weight is 502 g/mol. The zero-order chi connectivity index (χ0) is 24.0. The van der Waals surface area contributed by atoms with Crippen LogP contribution in [0.15, 0.2) is 36.8 Å². The zero-order valence-electron chi connectivity index (χ0n) is 17.8. The molecule has 1 aliphatic carbocycles. The normalized spacial score (nSPS) is 19.3. The second-order valence-corrected chi connectivity index (χ2v) is 9.22. The van der Waals surface area contributed by atoms with Gasteiger partial charge in [0.25, 0.3) is 0 Å². The smallest absolute Gasteiger partial charge is 0.219 e. The number of fused-ring (bicyclic) bond motifs is 1. The number of aliphatic hydroxyl groups is 1. The van der Waals surface area contributed by atoms with Gasteiger partial charge in [0.15, 0.2) is 0 Å². The number of aliphatic hydroxyl groups excluding tert-OH is 1. The average Bonchev–Trinajstić information content (AvgIpc) is 3.43. The van der Waals surface area contributed by atoms with E-state index < -0.39 is 17.7 Å². The van der Waals surface area contributed by atoms with Crippen LogP contribution in [0.3, 0.4) is 0 Å². The lowest BCUT2D eigenvalue weighted by Gasteiger charge is -2.25. The van der Waals surface area contributed by atoms with E-state index in [2.05, 4.69) is 21.1 Å². The van der Waals surface area contributed by atoms with Crippen molar-refractivity contribution in [1.29, 1.82) is 5.26 Å². The van der Waals surface area contributed by atoms with Crippen molar-refractivity contribution in [3.05, 3.63) is 69.7 Å². The van der Waals surface area contributed by atoms with Gasteiger partial charge in [-0.05, 0) is 43.9 Å². The minimum Gasteiger partial charge on any atom is -0.393 e. The first-order valence-corrected chi connectivity index (χ1v) is 11.6. The molecule has 1 fully saturated rings. The summed E-state index contributed by atoms with van der Waals surface area (Å²) in [6.07, 6.45) is 6.76. The van der Waals surface area contributed by atoms with Crippen LogP contribution < -0.4 is 0 Å². The molecule has 0 bridgehead atoms. The van der Waals surface area contributed by atoms with Gasteiger partial charge in [-0.25, -0.2) is 14.1 Å². The fraction of sp³-hybridized carbons (Fsp3) is 0.292. The number of aromatic amines is 1. The van der Waals surface area contributed by atoms with Crippen LogP contribution >= 0.6 is 23.2 Å². The Kier molecular flexibility index (Phi) is 6.02. The van der Waals surface area contributed by atoms with Crippen molar-refractivity contribution in [1.82, 2.24) is 19.7 Å². The van der Waals surface area contributed by atoms with E-state index in [0.29, 0.717) is 47.8 Å². The third-order valence-electron chi connectivity index (χ3n) is 6.43. The van der Waals surface area contributed by atoms with E-state index in [1.54, 1.807) is 12.3 Å². The predicted molar refractivity (Wildman–Crippen MR) is 125 cm³/mol. The van der Waals surface area contributed by atoms with Crippen molar-refractivity contribution in [2.24, 2.45) is 0 Å². The molecule has 4 aromatic rings. The number of pyridine rings is 1. The molecule has 1 aliphatic rings. The maximum atomic E-state index is 15.3. The number of hydrogen-bond acceptors (Lipinski definition) is 4. The maximum absolute atomic E-state index is 15.3. The molecule has 0 spiro atoms. The maximum Gasteiger partial charge on any atom is 0.219 e. The monoisotopic (exact) mass is 501 g/mol. The molecular weight excluding hydrogens is 483 g/mol. The van der Waals surface area contributed by atoms with Crippen LogP contribution in [-0.2, 0) is 0 Å². The molecule has 34 heavy (non-hydrogen) atoms. The van der Waals surface area contributed by atoms with E-state index in [4.69, 9.17) is 23.2 Å². The Morgan fingerprint density at radius 2 is 1.94 bits per heavy atom. The number of halogens is 4. The largest absolute Gasteiger partial charge is 0.393 e. The summed E-state index contributed by atoms with van der Waals surface area (Å²) < 4.78 is 30.8. The van der Waals surface area contributed by atoms with E-state index in [1.165, 1.54) is 23.1 Å². The third kappa shape index (κ3) is 3.84. The Hall–Kier alpha value is -2.99. The highest BCUT2D eigenvalue weighted by Crippen LogP contribution is 2.40. The summed E-state index contributed by atoms with van der Waals surface area (Å²) >= 11 is 12.4. The van der Waals surface area contributed by atoms with Crippen LogP contribution in [0.4, 0.5) is 8.78 Å². The fourth-order valence-electron chi connectivity index (χ4n) is 4.61. The number of nitriles is 1. The number of hydrogen-bond donors (Lipinski definition) is 2. The molecule has 2 N–H and O–H groups in total. The Morgan fingerprint density at radius 1 is 1.18 bits per heavy atom. The molecule has 0 aliphatic heterocycles. The fourth-order valence-corrected chi connectivity index (χ4v) is 5.19. The molecule has 3 heterocycles. The van der Waals surface area contributed by atoms with E-state index in [9.17, 15) is 14.8 Å². The highest BCUT2D eigenvalue weighted by atomic mass is 35.5. The lowest BCUT2D eigenvalue weighted by molar-refractivity contribution is 0.104. The number of H-pyrrole nitrogens is 1. The molecule has 0 radical (unpaired) electrons. The molecular formula is C24H19Cl2F2N5O. The molecule has 1 aromatic carbocycles. The van der Waals surface area contributed by atoms with E-state index in [0.717, 1.165) is 6.07 Å². The summed E-state index contributed by atoms with van der Waals surface area (Å²) in [5.74, 6) is -2.12. The van der Waals surface area contributed by atoms with Gasteiger partial charge in [-0.1, -0.05) is 23.2 Å². The number of nitrogens with one attached hydrogen (secondary N) is 1. The zero-order valence-corrected chi connectivity index (χ0v) is 19.3. The van der Waals surface area contributed by atoms with Gasteiger partial charge in [-0.3, -0.25) is 0 Å². The summed E-state index contributed by atoms with van der Waals surface area (Å²) in [6, 6.07) is 6.25. The van der Waals surface area contributed by atoms with E-state index in [1.807, 2.05) is 0 Å². The summed E-state index contributed by atoms with van der Waals surface area (Å²) in [4.78, 5) is 7.38. The van der Waals surface area contributed by atoms with Gasteiger partial charge in [-0.2, -0.15) is 14.8 Å². The number of nitrogens with zero attached hydrogens (tertiary/aromatic N) is 4. The SMILES string of the molecule is N#CC(c1c(Cl)ccc(F)c1Cl)c1c[nH]c2ncc(-c3cnn([C@H]4CC[C@H](O)CC4)c3F)cc12. The molecule has 1 saturated carbocycles. The highest BCUT2D eigenvalue weighted by Gasteiger charge is 2.27. The summed E-state index contributed by atoms with van der Waals surface area (Å²) in [6.45, 7) is 0. The van der Waals surface area contributed by atoms with E-state index >= 15 is 4.39 Å². The number of benzene rings is 1. The Bertz CT molecular complexity index is 1420. The first kappa shape index (κ1) is 22.8. The van der Waals surface area contributed by atoms with Crippen molar-refractivity contribution in [2.45, 2.75) is 43.7 Å². The topological polar surface area (TPSA) is 90.5 Å². The molecule has 174 valence electrons. The molecule has 0 saturated heterocycles. The first-order valence-electron chi connectivity index (χ1n) is 10.8. The molecule has 5 rings (SSSR count). The lowest BCUT2D eigenvalue weighted by atomic mass is 9.92. The van der Waals surface area contributed by atoms with E-state index in [-0.39, 0.29) is 33.3 Å². The summed E-state index contributed by atoms with van der Waals surface area (Å²) in [5.41, 5.74) is 1.91. The Balaban J connectivity index is 1.56. The van der Waals surface area contributed by atoms with Crippen molar-refractivity contribution in [3.8, 4) is 17.2 Å². The Morgan fingerprint density at radius 3 is 2.68 bits per heavy atom. The quantitative estimate of drug-likeness (QED) is 0.328. The number of rotatable bonds is 4. The summed E-state index contributed by atoms with van der Waals surface area (Å²) in [7, 11) is 0. The molecule has 1 atom stereocenters. The van der Waals surface area contributed by atoms with Gasteiger partial charge in [0, 0.05) is 39.5 Å². The van der Waals surface area contributed by atoms with Gasteiger partial charge < -0.3 is 10.1 Å². The third-order valence-corrected chi connectivity index (χ3v) is 7.14. The Labute approximate surface area is 203 Å². The van der Waals surface area contributed by atoms with Crippen LogP contribution in [0.5, 0.6) is 0 Å². The molecule has 0 amide bonds. The van der Waals surface area contributed by atoms with Crippen LogP contribution in [0, 0.1) is 23.1 Å². The lowest BCUT2D eigenvalue weighted by Crippen LogP contribution is -2.22. The van der Waals surface area contributed by atoms with Crippen LogP contribution in [0.2, 0.25) is 10.0 Å². The van der Waals surface area contributed by atoms with Crippen molar-refractivity contribution < 1.29 is 13.9 Å². The van der Waals surface area contributed by atoms with Gasteiger partial charge in [0.1, 0.15) is 17.4 Å².